The summed E-state index contributed by atoms with van der Waals surface area (Å²) in [6.45, 7) is 1.87. The third-order valence-electron chi connectivity index (χ3n) is 6.05. The van der Waals surface area contributed by atoms with E-state index >= 15 is 0 Å². The second-order valence-electron chi connectivity index (χ2n) is 8.98. The van der Waals surface area contributed by atoms with Crippen LogP contribution in [-0.4, -0.2) is 21.6 Å². The Morgan fingerprint density at radius 2 is 1.56 bits per heavy atom. The van der Waals surface area contributed by atoms with Gasteiger partial charge in [0.2, 0.25) is 11.8 Å². The molecule has 0 fully saturated rings. The summed E-state index contributed by atoms with van der Waals surface area (Å²) < 4.78 is 46.8. The fourth-order valence-corrected chi connectivity index (χ4v) is 4.76. The van der Waals surface area contributed by atoms with E-state index in [4.69, 9.17) is 4.42 Å². The molecule has 1 N–H and O–H groups in total. The van der Waals surface area contributed by atoms with Crippen molar-refractivity contribution in [3.63, 3.8) is 0 Å². The zero-order chi connectivity index (χ0) is 29.0. The zero-order valence-corrected chi connectivity index (χ0v) is 22.4. The molecule has 10 heteroatoms. The van der Waals surface area contributed by atoms with Crippen LogP contribution in [0.2, 0.25) is 0 Å². The molecule has 0 spiro atoms. The van der Waals surface area contributed by atoms with Gasteiger partial charge in [-0.25, -0.2) is 9.97 Å². The van der Waals surface area contributed by atoms with Crippen molar-refractivity contribution >= 4 is 23.6 Å². The number of hydrogen-bond acceptors (Lipinski definition) is 6. The van der Waals surface area contributed by atoms with Crippen LogP contribution in [0.25, 0.3) is 33.7 Å². The minimum absolute atomic E-state index is 0.0545. The molecule has 0 aliphatic rings. The van der Waals surface area contributed by atoms with Crippen LogP contribution in [-0.2, 0) is 11.0 Å². The molecule has 2 aromatic heterocycles. The lowest BCUT2D eigenvalue weighted by Gasteiger charge is -2.10. The maximum Gasteiger partial charge on any atom is 0.433 e. The molecule has 0 unspecified atom stereocenters. The van der Waals surface area contributed by atoms with Gasteiger partial charge in [-0.05, 0) is 18.6 Å². The fraction of sp³-hybridized carbons (Fsp3) is 0.0968. The van der Waals surface area contributed by atoms with Crippen molar-refractivity contribution in [2.45, 2.75) is 18.3 Å². The number of carbonyl (C=O) groups is 1. The average Bonchev–Trinajstić information content (AvgIpc) is 3.34. The molecular weight excluding hydrogens is 549 g/mol. The number of anilines is 1. The van der Waals surface area contributed by atoms with E-state index in [1.807, 2.05) is 67.6 Å². The van der Waals surface area contributed by atoms with Crippen LogP contribution in [0.15, 0.2) is 101 Å². The van der Waals surface area contributed by atoms with E-state index in [0.717, 1.165) is 29.0 Å². The Hall–Kier alpha value is -4.88. The Morgan fingerprint density at radius 1 is 0.927 bits per heavy atom. The number of nitrogens with one attached hydrogen (secondary N) is 1. The lowest BCUT2D eigenvalue weighted by Crippen LogP contribution is -2.15. The number of furan rings is 1. The molecular formula is C31H21F3N4O2S. The van der Waals surface area contributed by atoms with Crippen LogP contribution in [0.5, 0.6) is 0 Å². The minimum atomic E-state index is -4.70. The Morgan fingerprint density at radius 3 is 2.17 bits per heavy atom. The number of carbonyl (C=O) groups excluding carboxylic acids is 1. The van der Waals surface area contributed by atoms with Gasteiger partial charge < -0.3 is 4.42 Å². The summed E-state index contributed by atoms with van der Waals surface area (Å²) in [7, 11) is 0. The SMILES string of the molecule is Cc1ccc(-c2cc(C(F)(F)F)nc(SCC(=O)Nc3oc(-c4ccccc4)c(-c4ccccc4)c3C#N)n2)cc1. The van der Waals surface area contributed by atoms with E-state index in [1.54, 1.807) is 24.3 Å². The standard InChI is InChI=1S/C31H21F3N4O2S/c1-19-12-14-20(15-13-19)24-16-25(31(32,33)34)37-30(36-24)41-18-26(39)38-29-23(17-35)27(21-8-4-2-5-9-21)28(40-29)22-10-6-3-7-11-22/h2-16H,18H2,1H3,(H,38,39). The molecule has 6 nitrogen and oxygen atoms in total. The summed E-state index contributed by atoms with van der Waals surface area (Å²) >= 11 is 0.748. The number of alkyl halides is 3. The van der Waals surface area contributed by atoms with Crippen molar-refractivity contribution in [1.29, 1.82) is 5.26 Å². The maximum atomic E-state index is 13.6. The first-order chi connectivity index (χ1) is 19.7. The Labute approximate surface area is 237 Å². The highest BCUT2D eigenvalue weighted by Gasteiger charge is 2.34. The quantitative estimate of drug-likeness (QED) is 0.157. The second-order valence-corrected chi connectivity index (χ2v) is 9.92. The number of thioether (sulfide) groups is 1. The molecule has 2 heterocycles. The molecule has 0 saturated heterocycles. The molecule has 5 rings (SSSR count). The Kier molecular flexibility index (Phi) is 7.90. The summed E-state index contributed by atoms with van der Waals surface area (Å²) in [5, 5.41) is 12.4. The first kappa shape index (κ1) is 27.7. The van der Waals surface area contributed by atoms with Crippen molar-refractivity contribution in [1.82, 2.24) is 9.97 Å². The van der Waals surface area contributed by atoms with Gasteiger partial charge in [-0.2, -0.15) is 18.4 Å². The maximum absolute atomic E-state index is 13.6. The first-order valence-corrected chi connectivity index (χ1v) is 13.3. The summed E-state index contributed by atoms with van der Waals surface area (Å²) in [5.74, 6) is -0.569. The van der Waals surface area contributed by atoms with Crippen molar-refractivity contribution in [2.24, 2.45) is 0 Å². The number of nitrogens with zero attached hydrogens (tertiary/aromatic N) is 3. The highest BCUT2D eigenvalue weighted by atomic mass is 32.2. The monoisotopic (exact) mass is 570 g/mol. The third kappa shape index (κ3) is 6.31. The smallest absolute Gasteiger partial charge is 0.433 e. The van der Waals surface area contributed by atoms with E-state index in [-0.39, 0.29) is 28.1 Å². The normalized spacial score (nSPS) is 11.2. The lowest BCUT2D eigenvalue weighted by molar-refractivity contribution is -0.141. The Bertz CT molecular complexity index is 1730. The highest BCUT2D eigenvalue weighted by Crippen LogP contribution is 2.41. The van der Waals surface area contributed by atoms with Crippen molar-refractivity contribution in [3.8, 4) is 39.8 Å². The number of hydrogen-bond donors (Lipinski definition) is 1. The van der Waals surface area contributed by atoms with Crippen LogP contribution >= 0.6 is 11.8 Å². The van der Waals surface area contributed by atoms with Gasteiger partial charge in [0.15, 0.2) is 5.16 Å². The molecule has 0 aliphatic heterocycles. The molecule has 0 atom stereocenters. The van der Waals surface area contributed by atoms with Gasteiger partial charge in [0.25, 0.3) is 0 Å². The molecule has 0 saturated carbocycles. The lowest BCUT2D eigenvalue weighted by atomic mass is 9.98. The summed E-state index contributed by atoms with van der Waals surface area (Å²) in [5.41, 5.74) is 2.51. The second kappa shape index (κ2) is 11.7. The van der Waals surface area contributed by atoms with Gasteiger partial charge in [-0.3, -0.25) is 10.1 Å². The third-order valence-corrected chi connectivity index (χ3v) is 6.89. The van der Waals surface area contributed by atoms with Crippen LogP contribution in [0, 0.1) is 18.3 Å². The molecule has 0 bridgehead atoms. The number of aromatic nitrogens is 2. The number of rotatable bonds is 7. The first-order valence-electron chi connectivity index (χ1n) is 12.4. The molecule has 5 aromatic rings. The number of aryl methyl sites for hydroxylation is 1. The van der Waals surface area contributed by atoms with Gasteiger partial charge in [-0.1, -0.05) is 102 Å². The number of benzene rings is 3. The largest absolute Gasteiger partial charge is 0.438 e. The van der Waals surface area contributed by atoms with E-state index in [0.29, 0.717) is 22.5 Å². The predicted octanol–water partition coefficient (Wildman–Crippen LogP) is 8.00. The van der Waals surface area contributed by atoms with Gasteiger partial charge in [0.05, 0.1) is 11.4 Å². The van der Waals surface area contributed by atoms with E-state index in [1.165, 1.54) is 0 Å². The van der Waals surface area contributed by atoms with E-state index in [9.17, 15) is 23.2 Å². The Balaban J connectivity index is 1.42. The van der Waals surface area contributed by atoms with Gasteiger partial charge in [0, 0.05) is 16.7 Å². The topological polar surface area (TPSA) is 91.8 Å². The van der Waals surface area contributed by atoms with Gasteiger partial charge >= 0.3 is 6.18 Å². The predicted molar refractivity (Wildman–Crippen MR) is 151 cm³/mol. The molecule has 41 heavy (non-hydrogen) atoms. The molecule has 1 amide bonds. The molecule has 204 valence electrons. The van der Waals surface area contributed by atoms with Gasteiger partial charge in [0.1, 0.15) is 23.1 Å². The zero-order valence-electron chi connectivity index (χ0n) is 21.6. The van der Waals surface area contributed by atoms with Crippen molar-refractivity contribution < 1.29 is 22.4 Å². The van der Waals surface area contributed by atoms with Crippen LogP contribution in [0.1, 0.15) is 16.8 Å². The molecule has 3 aromatic carbocycles. The number of amides is 1. The molecule has 0 radical (unpaired) electrons. The van der Waals surface area contributed by atoms with E-state index in [2.05, 4.69) is 21.4 Å². The molecule has 0 aliphatic carbocycles. The van der Waals surface area contributed by atoms with Crippen molar-refractivity contribution in [2.75, 3.05) is 11.1 Å². The van der Waals surface area contributed by atoms with Crippen LogP contribution in [0.4, 0.5) is 19.1 Å². The minimum Gasteiger partial charge on any atom is -0.438 e. The summed E-state index contributed by atoms with van der Waals surface area (Å²) in [4.78, 5) is 20.8. The van der Waals surface area contributed by atoms with Gasteiger partial charge in [-0.15, -0.1) is 0 Å². The van der Waals surface area contributed by atoms with E-state index < -0.39 is 17.8 Å². The number of nitriles is 1. The summed E-state index contributed by atoms with van der Waals surface area (Å²) in [6, 6.07) is 28.2. The van der Waals surface area contributed by atoms with Crippen LogP contribution < -0.4 is 5.32 Å². The number of halogens is 3. The summed E-state index contributed by atoms with van der Waals surface area (Å²) in [6.07, 6.45) is -4.70. The highest BCUT2D eigenvalue weighted by molar-refractivity contribution is 7.99. The fourth-order valence-electron chi connectivity index (χ4n) is 4.10. The van der Waals surface area contributed by atoms with Crippen molar-refractivity contribution in [3.05, 3.63) is 108 Å². The van der Waals surface area contributed by atoms with Crippen LogP contribution in [0.3, 0.4) is 0 Å². The average molecular weight is 571 g/mol.